The standard InChI is InChI=1S/C18H13ClF5N5/c19-17-9(10(20)3-4-11(17)21)8-29-5-1-2-12-15(29)6-13(26-25-12)14-7-16(28-27-14)18(22,23)24/h3-4,6H,1-2,5,7-8H2. The van der Waals surface area contributed by atoms with Crippen molar-refractivity contribution in [3.8, 4) is 0 Å². The lowest BCUT2D eigenvalue weighted by atomic mass is 10.0. The minimum absolute atomic E-state index is 0.00113. The van der Waals surface area contributed by atoms with E-state index >= 15 is 0 Å². The molecule has 0 bridgehead atoms. The summed E-state index contributed by atoms with van der Waals surface area (Å²) in [6, 6.07) is 3.51. The van der Waals surface area contributed by atoms with Gasteiger partial charge in [0.2, 0.25) is 0 Å². The van der Waals surface area contributed by atoms with E-state index in [9.17, 15) is 22.0 Å². The summed E-state index contributed by atoms with van der Waals surface area (Å²) in [5, 5.41) is 14.5. The normalized spacial score (nSPS) is 16.6. The number of aromatic nitrogens is 2. The zero-order valence-electron chi connectivity index (χ0n) is 14.8. The summed E-state index contributed by atoms with van der Waals surface area (Å²) in [5.41, 5.74) is 0.390. The first-order chi connectivity index (χ1) is 13.7. The summed E-state index contributed by atoms with van der Waals surface area (Å²) in [6.07, 6.45) is -3.75. The molecule has 5 nitrogen and oxygen atoms in total. The van der Waals surface area contributed by atoms with Crippen LogP contribution in [-0.2, 0) is 13.0 Å². The molecular formula is C18H13ClF5N5. The number of hydrogen-bond acceptors (Lipinski definition) is 5. The molecule has 4 rings (SSSR count). The minimum Gasteiger partial charge on any atom is -0.365 e. The van der Waals surface area contributed by atoms with Crippen LogP contribution in [0.5, 0.6) is 0 Å². The lowest BCUT2D eigenvalue weighted by molar-refractivity contribution is -0.0596. The van der Waals surface area contributed by atoms with Crippen LogP contribution in [0.1, 0.15) is 29.8 Å². The Labute approximate surface area is 166 Å². The average molecular weight is 430 g/mol. The van der Waals surface area contributed by atoms with Crippen LogP contribution in [0.3, 0.4) is 0 Å². The third kappa shape index (κ3) is 3.81. The van der Waals surface area contributed by atoms with Gasteiger partial charge in [-0.15, -0.1) is 10.2 Å². The zero-order valence-corrected chi connectivity index (χ0v) is 15.5. The van der Waals surface area contributed by atoms with E-state index in [2.05, 4.69) is 20.4 Å². The number of fused-ring (bicyclic) bond motifs is 1. The molecule has 29 heavy (non-hydrogen) atoms. The number of aryl methyl sites for hydroxylation is 1. The van der Waals surface area contributed by atoms with Gasteiger partial charge in [-0.2, -0.15) is 23.4 Å². The molecule has 3 heterocycles. The number of halogens is 6. The quantitative estimate of drug-likeness (QED) is 0.534. The summed E-state index contributed by atoms with van der Waals surface area (Å²) >= 11 is 5.93. The Bertz CT molecular complexity index is 1030. The van der Waals surface area contributed by atoms with Gasteiger partial charge in [-0.3, -0.25) is 0 Å². The highest BCUT2D eigenvalue weighted by Crippen LogP contribution is 2.32. The molecule has 2 aliphatic rings. The van der Waals surface area contributed by atoms with Gasteiger partial charge in [-0.05, 0) is 31.0 Å². The van der Waals surface area contributed by atoms with Crippen molar-refractivity contribution in [1.29, 1.82) is 0 Å². The number of anilines is 1. The lowest BCUT2D eigenvalue weighted by Gasteiger charge is -2.31. The van der Waals surface area contributed by atoms with E-state index in [0.717, 1.165) is 12.1 Å². The van der Waals surface area contributed by atoms with Crippen LogP contribution < -0.4 is 4.90 Å². The first-order valence-corrected chi connectivity index (χ1v) is 9.06. The van der Waals surface area contributed by atoms with Crippen molar-refractivity contribution in [2.75, 3.05) is 11.4 Å². The Kier molecular flexibility index (Phi) is 4.97. The Hall–Kier alpha value is -2.62. The van der Waals surface area contributed by atoms with Crippen molar-refractivity contribution in [1.82, 2.24) is 10.2 Å². The van der Waals surface area contributed by atoms with Gasteiger partial charge < -0.3 is 4.90 Å². The van der Waals surface area contributed by atoms with E-state index in [1.807, 2.05) is 0 Å². The fourth-order valence-corrected chi connectivity index (χ4v) is 3.49. The molecule has 1 aromatic carbocycles. The lowest BCUT2D eigenvalue weighted by Crippen LogP contribution is -2.31. The molecule has 0 aliphatic carbocycles. The molecular weight excluding hydrogens is 417 g/mol. The number of nitrogens with zero attached hydrogens (tertiary/aromatic N) is 5. The van der Waals surface area contributed by atoms with Crippen LogP contribution in [0, 0.1) is 11.6 Å². The molecule has 152 valence electrons. The van der Waals surface area contributed by atoms with Crippen molar-refractivity contribution < 1.29 is 22.0 Å². The van der Waals surface area contributed by atoms with Crippen LogP contribution in [0.25, 0.3) is 0 Å². The summed E-state index contributed by atoms with van der Waals surface area (Å²) in [6.45, 7) is 0.499. The van der Waals surface area contributed by atoms with Crippen LogP contribution in [0.15, 0.2) is 28.4 Å². The monoisotopic (exact) mass is 429 g/mol. The van der Waals surface area contributed by atoms with Gasteiger partial charge in [0, 0.05) is 25.1 Å². The van der Waals surface area contributed by atoms with Gasteiger partial charge in [0.15, 0.2) is 0 Å². The predicted molar refractivity (Wildman–Crippen MR) is 97.4 cm³/mol. The largest absolute Gasteiger partial charge is 0.431 e. The van der Waals surface area contributed by atoms with Crippen molar-refractivity contribution >= 4 is 28.7 Å². The third-order valence-electron chi connectivity index (χ3n) is 4.77. The third-order valence-corrected chi connectivity index (χ3v) is 5.18. The van der Waals surface area contributed by atoms with E-state index in [-0.39, 0.29) is 28.5 Å². The molecule has 2 aromatic rings. The molecule has 0 N–H and O–H groups in total. The second kappa shape index (κ2) is 7.33. The topological polar surface area (TPSA) is 53.7 Å². The molecule has 0 amide bonds. The highest BCUT2D eigenvalue weighted by molar-refractivity contribution is 6.31. The van der Waals surface area contributed by atoms with E-state index in [1.54, 1.807) is 11.0 Å². The highest BCUT2D eigenvalue weighted by atomic mass is 35.5. The van der Waals surface area contributed by atoms with Crippen molar-refractivity contribution in [2.45, 2.75) is 32.0 Å². The van der Waals surface area contributed by atoms with E-state index in [1.165, 1.54) is 0 Å². The molecule has 2 aliphatic heterocycles. The second-order valence-electron chi connectivity index (χ2n) is 6.68. The maximum atomic E-state index is 14.2. The van der Waals surface area contributed by atoms with Gasteiger partial charge in [-0.1, -0.05) is 11.6 Å². The molecule has 0 radical (unpaired) electrons. The smallest absolute Gasteiger partial charge is 0.365 e. The second-order valence-corrected chi connectivity index (χ2v) is 7.05. The number of benzene rings is 1. The van der Waals surface area contributed by atoms with E-state index < -0.39 is 29.9 Å². The number of hydrogen-bond donors (Lipinski definition) is 0. The predicted octanol–water partition coefficient (Wildman–Crippen LogP) is 4.47. The maximum absolute atomic E-state index is 14.2. The highest BCUT2D eigenvalue weighted by Gasteiger charge is 2.39. The fraction of sp³-hybridized carbons (Fsp3) is 0.333. The molecule has 0 atom stereocenters. The zero-order chi connectivity index (χ0) is 20.8. The average Bonchev–Trinajstić information content (AvgIpc) is 3.19. The maximum Gasteiger partial charge on any atom is 0.431 e. The van der Waals surface area contributed by atoms with Crippen LogP contribution in [-0.4, -0.2) is 34.3 Å². The van der Waals surface area contributed by atoms with Gasteiger partial charge in [-0.25, -0.2) is 8.78 Å². The molecule has 0 saturated heterocycles. The van der Waals surface area contributed by atoms with E-state index in [4.69, 9.17) is 11.6 Å². The van der Waals surface area contributed by atoms with E-state index in [0.29, 0.717) is 30.8 Å². The van der Waals surface area contributed by atoms with Crippen LogP contribution in [0.2, 0.25) is 5.02 Å². The first kappa shape index (κ1) is 19.7. The molecule has 0 fully saturated rings. The van der Waals surface area contributed by atoms with Crippen molar-refractivity contribution in [2.24, 2.45) is 10.2 Å². The van der Waals surface area contributed by atoms with Crippen molar-refractivity contribution in [3.05, 3.63) is 51.8 Å². The first-order valence-electron chi connectivity index (χ1n) is 8.69. The molecule has 0 spiro atoms. The minimum atomic E-state index is -4.56. The molecule has 0 saturated carbocycles. The van der Waals surface area contributed by atoms with Crippen molar-refractivity contribution in [3.63, 3.8) is 0 Å². The summed E-state index contributed by atoms with van der Waals surface area (Å²) in [4.78, 5) is 1.75. The van der Waals surface area contributed by atoms with Gasteiger partial charge >= 0.3 is 6.18 Å². The Balaban J connectivity index is 1.63. The van der Waals surface area contributed by atoms with Gasteiger partial charge in [0.1, 0.15) is 23.0 Å². The van der Waals surface area contributed by atoms with Crippen LogP contribution >= 0.6 is 11.6 Å². The Morgan fingerprint density at radius 1 is 1.07 bits per heavy atom. The number of alkyl halides is 3. The molecule has 1 aromatic heterocycles. The van der Waals surface area contributed by atoms with Gasteiger partial charge in [0.05, 0.1) is 22.1 Å². The molecule has 0 unspecified atom stereocenters. The summed E-state index contributed by atoms with van der Waals surface area (Å²) in [5.74, 6) is -1.37. The van der Waals surface area contributed by atoms with Gasteiger partial charge in [0.25, 0.3) is 0 Å². The fourth-order valence-electron chi connectivity index (χ4n) is 3.28. The summed E-state index contributed by atoms with van der Waals surface area (Å²) < 4.78 is 66.4. The summed E-state index contributed by atoms with van der Waals surface area (Å²) in [7, 11) is 0. The Morgan fingerprint density at radius 3 is 2.55 bits per heavy atom. The molecule has 11 heteroatoms. The SMILES string of the molecule is Fc1ccc(F)c(CN2CCCc3nnc(C4=NN=C(C(F)(F)F)C4)cc32)c1Cl. The Morgan fingerprint density at radius 2 is 1.83 bits per heavy atom. The number of rotatable bonds is 3. The van der Waals surface area contributed by atoms with Crippen LogP contribution in [0.4, 0.5) is 27.6 Å².